The molecule has 0 saturated carbocycles. The third-order valence-corrected chi connectivity index (χ3v) is 7.09. The minimum atomic E-state index is -3.89. The Morgan fingerprint density at radius 3 is 2.21 bits per heavy atom. The highest BCUT2D eigenvalue weighted by Crippen LogP contribution is 2.30. The molecule has 29 heavy (non-hydrogen) atoms. The van der Waals surface area contributed by atoms with E-state index < -0.39 is 16.1 Å². The third kappa shape index (κ3) is 4.05. The Morgan fingerprint density at radius 2 is 1.52 bits per heavy atom. The number of nitrogens with zero attached hydrogens (tertiary/aromatic N) is 1. The number of sulfonamides is 1. The average Bonchev–Trinajstić information content (AvgIpc) is 2.74. The Hall–Kier alpha value is -2.67. The van der Waals surface area contributed by atoms with Gasteiger partial charge >= 0.3 is 0 Å². The molecule has 4 rings (SSSR count). The van der Waals surface area contributed by atoms with Gasteiger partial charge in [-0.1, -0.05) is 54.1 Å². The topological polar surface area (TPSA) is 66.5 Å². The van der Waals surface area contributed by atoms with Crippen molar-refractivity contribution >= 4 is 33.2 Å². The van der Waals surface area contributed by atoms with Crippen molar-refractivity contribution in [3.8, 4) is 0 Å². The Morgan fingerprint density at radius 1 is 0.897 bits per heavy atom. The van der Waals surface area contributed by atoms with Crippen molar-refractivity contribution in [2.24, 2.45) is 0 Å². The second-order valence-electron chi connectivity index (χ2n) is 6.85. The van der Waals surface area contributed by atoms with Gasteiger partial charge in [0.15, 0.2) is 0 Å². The van der Waals surface area contributed by atoms with Crippen molar-refractivity contribution in [3.05, 3.63) is 95.0 Å². The van der Waals surface area contributed by atoms with E-state index in [0.29, 0.717) is 17.1 Å². The lowest BCUT2D eigenvalue weighted by atomic mass is 9.95. The number of nitrogens with one attached hydrogen (secondary N) is 1. The van der Waals surface area contributed by atoms with Crippen LogP contribution in [0.4, 0.5) is 5.69 Å². The molecule has 0 saturated heterocycles. The first-order valence-electron chi connectivity index (χ1n) is 9.15. The number of rotatable bonds is 4. The first-order valence-corrected chi connectivity index (χ1v) is 11.0. The minimum absolute atomic E-state index is 0.110. The van der Waals surface area contributed by atoms with Crippen LogP contribution >= 0.6 is 11.6 Å². The molecule has 0 bridgehead atoms. The lowest BCUT2D eigenvalue weighted by Crippen LogP contribution is -2.50. The molecule has 0 radical (unpaired) electrons. The van der Waals surface area contributed by atoms with Crippen LogP contribution < -0.4 is 5.32 Å². The minimum Gasteiger partial charge on any atom is -0.325 e. The molecule has 0 fully saturated rings. The number of fused-ring (bicyclic) bond motifs is 1. The summed E-state index contributed by atoms with van der Waals surface area (Å²) in [6.07, 6.45) is 0.307. The summed E-state index contributed by atoms with van der Waals surface area (Å²) in [6.45, 7) is 0.133. The average molecular weight is 427 g/mol. The first kappa shape index (κ1) is 19.6. The predicted octanol–water partition coefficient (Wildman–Crippen LogP) is 4.09. The second-order valence-corrected chi connectivity index (χ2v) is 9.18. The summed E-state index contributed by atoms with van der Waals surface area (Å²) >= 11 is 5.91. The van der Waals surface area contributed by atoms with Gasteiger partial charge in [0.25, 0.3) is 0 Å². The van der Waals surface area contributed by atoms with Crippen LogP contribution in [-0.4, -0.2) is 24.7 Å². The molecular formula is C22H19ClN2O3S. The van der Waals surface area contributed by atoms with Gasteiger partial charge in [0, 0.05) is 17.3 Å². The first-order chi connectivity index (χ1) is 13.9. The zero-order chi connectivity index (χ0) is 20.4. The summed E-state index contributed by atoms with van der Waals surface area (Å²) < 4.78 is 28.0. The lowest BCUT2D eigenvalue weighted by molar-refractivity contribution is -0.120. The van der Waals surface area contributed by atoms with Crippen LogP contribution in [0.2, 0.25) is 5.02 Å². The maximum absolute atomic E-state index is 13.4. The van der Waals surface area contributed by atoms with Crippen LogP contribution in [0, 0.1) is 0 Å². The molecule has 0 unspecified atom stereocenters. The normalized spacial score (nSPS) is 16.8. The maximum Gasteiger partial charge on any atom is 0.244 e. The third-order valence-electron chi connectivity index (χ3n) is 4.97. The molecule has 3 aromatic rings. The van der Waals surface area contributed by atoms with Crippen molar-refractivity contribution in [1.82, 2.24) is 4.31 Å². The fourth-order valence-corrected chi connectivity index (χ4v) is 5.16. The lowest BCUT2D eigenvalue weighted by Gasteiger charge is -2.35. The highest BCUT2D eigenvalue weighted by molar-refractivity contribution is 7.89. The van der Waals surface area contributed by atoms with Crippen molar-refractivity contribution < 1.29 is 13.2 Å². The van der Waals surface area contributed by atoms with E-state index in [1.807, 2.05) is 42.5 Å². The Balaban J connectivity index is 1.72. The molecule has 5 nitrogen and oxygen atoms in total. The van der Waals surface area contributed by atoms with E-state index in [4.69, 9.17) is 11.6 Å². The monoisotopic (exact) mass is 426 g/mol. The molecule has 1 N–H and O–H groups in total. The highest BCUT2D eigenvalue weighted by atomic mass is 35.5. The number of hydrogen-bond acceptors (Lipinski definition) is 3. The van der Waals surface area contributed by atoms with Gasteiger partial charge in [-0.05, 0) is 53.9 Å². The number of para-hydroxylation sites is 1. The van der Waals surface area contributed by atoms with Crippen molar-refractivity contribution in [3.63, 3.8) is 0 Å². The molecular weight excluding hydrogens is 408 g/mol. The van der Waals surface area contributed by atoms with Crippen LogP contribution in [0.1, 0.15) is 11.1 Å². The molecule has 148 valence electrons. The van der Waals surface area contributed by atoms with E-state index >= 15 is 0 Å². The molecule has 1 amide bonds. The quantitative estimate of drug-likeness (QED) is 0.683. The Bertz CT molecular complexity index is 1130. The van der Waals surface area contributed by atoms with E-state index in [1.165, 1.54) is 28.6 Å². The molecule has 1 aliphatic rings. The molecule has 1 aliphatic heterocycles. The number of carbonyl (C=O) groups excluding carboxylic acids is 1. The van der Waals surface area contributed by atoms with E-state index in [0.717, 1.165) is 11.1 Å². The summed E-state index contributed by atoms with van der Waals surface area (Å²) in [5, 5.41) is 3.29. The fourth-order valence-electron chi connectivity index (χ4n) is 3.46. The zero-order valence-electron chi connectivity index (χ0n) is 15.5. The summed E-state index contributed by atoms with van der Waals surface area (Å²) in [7, 11) is -3.89. The molecule has 0 spiro atoms. The van der Waals surface area contributed by atoms with Gasteiger partial charge in [-0.3, -0.25) is 4.79 Å². The molecule has 3 aromatic carbocycles. The number of carbonyl (C=O) groups is 1. The van der Waals surface area contributed by atoms with Gasteiger partial charge in [-0.2, -0.15) is 4.31 Å². The van der Waals surface area contributed by atoms with Gasteiger partial charge in [0.1, 0.15) is 6.04 Å². The van der Waals surface area contributed by atoms with Crippen LogP contribution in [0.3, 0.4) is 0 Å². The van der Waals surface area contributed by atoms with E-state index in [2.05, 4.69) is 5.32 Å². The number of amides is 1. The van der Waals surface area contributed by atoms with Gasteiger partial charge in [0.05, 0.1) is 4.90 Å². The number of hydrogen-bond donors (Lipinski definition) is 1. The smallest absolute Gasteiger partial charge is 0.244 e. The van der Waals surface area contributed by atoms with Crippen molar-refractivity contribution in [2.45, 2.75) is 23.9 Å². The standard InChI is InChI=1S/C22H19ClN2O3S/c23-18-10-12-20(13-11-18)29(27,28)25-15-17-7-5-4-6-16(17)14-21(25)22(26)24-19-8-2-1-3-9-19/h1-13,21H,14-15H2,(H,24,26)/t21-/m1/s1. The van der Waals surface area contributed by atoms with E-state index in [-0.39, 0.29) is 17.3 Å². The number of halogens is 1. The van der Waals surface area contributed by atoms with Crippen molar-refractivity contribution in [2.75, 3.05) is 5.32 Å². The maximum atomic E-state index is 13.4. The van der Waals surface area contributed by atoms with Gasteiger partial charge < -0.3 is 5.32 Å². The molecule has 1 atom stereocenters. The van der Waals surface area contributed by atoms with Crippen LogP contribution in [0.15, 0.2) is 83.8 Å². The molecule has 1 heterocycles. The summed E-state index contributed by atoms with van der Waals surface area (Å²) in [5.74, 6) is -0.358. The Labute approximate surface area is 175 Å². The molecule has 7 heteroatoms. The van der Waals surface area contributed by atoms with Gasteiger partial charge in [0.2, 0.25) is 15.9 Å². The predicted molar refractivity (Wildman–Crippen MR) is 113 cm³/mol. The van der Waals surface area contributed by atoms with Gasteiger partial charge in [-0.15, -0.1) is 0 Å². The summed E-state index contributed by atoms with van der Waals surface area (Å²) in [4.78, 5) is 13.2. The fraction of sp³-hybridized carbons (Fsp3) is 0.136. The SMILES string of the molecule is O=C(Nc1ccccc1)[C@H]1Cc2ccccc2CN1S(=O)(=O)c1ccc(Cl)cc1. The largest absolute Gasteiger partial charge is 0.325 e. The number of anilines is 1. The Kier molecular flexibility index (Phi) is 5.41. The summed E-state index contributed by atoms with van der Waals surface area (Å²) in [6, 6.07) is 21.8. The second kappa shape index (κ2) is 7.99. The van der Waals surface area contributed by atoms with Crippen molar-refractivity contribution in [1.29, 1.82) is 0 Å². The van der Waals surface area contributed by atoms with Crippen LogP contribution in [0.5, 0.6) is 0 Å². The van der Waals surface area contributed by atoms with E-state index in [9.17, 15) is 13.2 Å². The molecule has 0 aliphatic carbocycles. The summed E-state index contributed by atoms with van der Waals surface area (Å²) in [5.41, 5.74) is 2.50. The highest BCUT2D eigenvalue weighted by Gasteiger charge is 2.39. The van der Waals surface area contributed by atoms with Crippen LogP contribution in [-0.2, 0) is 27.8 Å². The van der Waals surface area contributed by atoms with Crippen LogP contribution in [0.25, 0.3) is 0 Å². The zero-order valence-corrected chi connectivity index (χ0v) is 17.0. The number of benzene rings is 3. The van der Waals surface area contributed by atoms with Gasteiger partial charge in [-0.25, -0.2) is 8.42 Å². The molecule has 0 aromatic heterocycles. The van der Waals surface area contributed by atoms with E-state index in [1.54, 1.807) is 12.1 Å².